The maximum Gasteiger partial charge on any atom is 0.255 e. The van der Waals surface area contributed by atoms with Gasteiger partial charge in [0.1, 0.15) is 11.3 Å². The third-order valence-electron chi connectivity index (χ3n) is 4.98. The van der Waals surface area contributed by atoms with Gasteiger partial charge in [0.05, 0.1) is 7.11 Å². The van der Waals surface area contributed by atoms with Crippen molar-refractivity contribution in [3.05, 3.63) is 77.9 Å². The third-order valence-corrected chi connectivity index (χ3v) is 4.98. The number of nitrogens with zero attached hydrogens (tertiary/aromatic N) is 1. The van der Waals surface area contributed by atoms with Gasteiger partial charge in [-0.05, 0) is 59.5 Å². The summed E-state index contributed by atoms with van der Waals surface area (Å²) in [6.07, 6.45) is 0. The molecule has 0 bridgehead atoms. The lowest BCUT2D eigenvalue weighted by molar-refractivity contribution is 0.102. The van der Waals surface area contributed by atoms with E-state index in [-0.39, 0.29) is 11.3 Å². The number of ether oxygens (including phenoxy) is 1. The first-order valence-electron chi connectivity index (χ1n) is 9.80. The Balaban J connectivity index is 1.55. The van der Waals surface area contributed by atoms with Gasteiger partial charge in [-0.25, -0.2) is 4.98 Å². The van der Waals surface area contributed by atoms with Gasteiger partial charge in [-0.15, -0.1) is 0 Å². The van der Waals surface area contributed by atoms with Crippen LogP contribution in [-0.4, -0.2) is 18.0 Å². The summed E-state index contributed by atoms with van der Waals surface area (Å²) in [5.41, 5.74) is 4.67. The third kappa shape index (κ3) is 4.06. The fourth-order valence-electron chi connectivity index (χ4n) is 3.21. The normalized spacial score (nSPS) is 11.5. The van der Waals surface area contributed by atoms with E-state index in [0.717, 1.165) is 11.3 Å². The Morgan fingerprint density at radius 2 is 1.77 bits per heavy atom. The molecule has 0 saturated carbocycles. The van der Waals surface area contributed by atoms with Crippen molar-refractivity contribution in [1.29, 1.82) is 0 Å². The Morgan fingerprint density at radius 1 is 1.00 bits per heavy atom. The predicted octanol–water partition coefficient (Wildman–Crippen LogP) is 6.05. The molecule has 5 heteroatoms. The Labute approximate surface area is 175 Å². The van der Waals surface area contributed by atoms with E-state index in [4.69, 9.17) is 9.15 Å². The molecule has 4 aromatic rings. The summed E-state index contributed by atoms with van der Waals surface area (Å²) in [5, 5.41) is 2.94. The first-order chi connectivity index (χ1) is 14.3. The van der Waals surface area contributed by atoms with Gasteiger partial charge in [-0.1, -0.05) is 39.0 Å². The number of carbonyl (C=O) groups excluding carboxylic acids is 1. The van der Waals surface area contributed by atoms with Crippen LogP contribution in [0.15, 0.2) is 71.1 Å². The molecule has 5 nitrogen and oxygen atoms in total. The maximum atomic E-state index is 12.6. The number of oxazole rings is 1. The van der Waals surface area contributed by atoms with Crippen LogP contribution in [0, 0.1) is 0 Å². The number of methoxy groups -OCH3 is 1. The zero-order valence-electron chi connectivity index (χ0n) is 17.5. The van der Waals surface area contributed by atoms with Crippen molar-refractivity contribution < 1.29 is 13.9 Å². The van der Waals surface area contributed by atoms with E-state index in [9.17, 15) is 4.79 Å². The zero-order chi connectivity index (χ0) is 21.3. The van der Waals surface area contributed by atoms with Crippen molar-refractivity contribution in [2.24, 2.45) is 0 Å². The van der Waals surface area contributed by atoms with Crippen LogP contribution < -0.4 is 10.1 Å². The van der Waals surface area contributed by atoms with E-state index in [0.29, 0.717) is 28.2 Å². The molecule has 0 spiro atoms. The van der Waals surface area contributed by atoms with Crippen molar-refractivity contribution in [1.82, 2.24) is 4.98 Å². The fraction of sp³-hybridized carbons (Fsp3) is 0.200. The van der Waals surface area contributed by atoms with Crippen molar-refractivity contribution in [3.8, 4) is 17.2 Å². The van der Waals surface area contributed by atoms with Gasteiger partial charge in [0, 0.05) is 16.8 Å². The molecule has 0 radical (unpaired) electrons. The van der Waals surface area contributed by atoms with Crippen molar-refractivity contribution in [2.75, 3.05) is 12.4 Å². The minimum atomic E-state index is -0.161. The highest BCUT2D eigenvalue weighted by molar-refractivity contribution is 6.05. The van der Waals surface area contributed by atoms with Crippen LogP contribution in [0.5, 0.6) is 5.75 Å². The van der Waals surface area contributed by atoms with E-state index in [1.54, 1.807) is 7.11 Å². The summed E-state index contributed by atoms with van der Waals surface area (Å²) in [6.45, 7) is 6.44. The Bertz CT molecular complexity index is 1200. The number of hydrogen-bond donors (Lipinski definition) is 1. The topological polar surface area (TPSA) is 64.4 Å². The van der Waals surface area contributed by atoms with Gasteiger partial charge in [-0.3, -0.25) is 4.79 Å². The lowest BCUT2D eigenvalue weighted by Crippen LogP contribution is -2.14. The summed E-state index contributed by atoms with van der Waals surface area (Å²) >= 11 is 0. The number of amides is 1. The molecular weight excluding hydrogens is 376 g/mol. The summed E-state index contributed by atoms with van der Waals surface area (Å²) in [7, 11) is 1.62. The number of anilines is 1. The molecular formula is C25H24N2O3. The minimum Gasteiger partial charge on any atom is -0.497 e. The summed E-state index contributed by atoms with van der Waals surface area (Å²) in [6, 6.07) is 20.7. The average molecular weight is 400 g/mol. The zero-order valence-corrected chi connectivity index (χ0v) is 17.5. The predicted molar refractivity (Wildman–Crippen MR) is 119 cm³/mol. The van der Waals surface area contributed by atoms with Gasteiger partial charge in [-0.2, -0.15) is 0 Å². The second-order valence-corrected chi connectivity index (χ2v) is 8.21. The molecule has 3 aromatic carbocycles. The van der Waals surface area contributed by atoms with Crippen LogP contribution in [-0.2, 0) is 5.41 Å². The molecule has 0 fully saturated rings. The molecule has 0 saturated heterocycles. The van der Waals surface area contributed by atoms with Crippen LogP contribution >= 0.6 is 0 Å². The first-order valence-corrected chi connectivity index (χ1v) is 9.80. The molecule has 0 unspecified atom stereocenters. The molecule has 1 amide bonds. The van der Waals surface area contributed by atoms with Crippen molar-refractivity contribution in [2.45, 2.75) is 26.2 Å². The molecule has 0 aliphatic carbocycles. The van der Waals surface area contributed by atoms with Gasteiger partial charge in [0.2, 0.25) is 5.89 Å². The van der Waals surface area contributed by atoms with Crippen LogP contribution in [0.4, 0.5) is 5.69 Å². The second-order valence-electron chi connectivity index (χ2n) is 8.21. The number of rotatable bonds is 4. The SMILES string of the molecule is COc1cccc(-c2nc3cc(NC(=O)c4ccc(C(C)(C)C)cc4)ccc3o2)c1. The second kappa shape index (κ2) is 7.67. The monoisotopic (exact) mass is 400 g/mol. The smallest absolute Gasteiger partial charge is 0.255 e. The summed E-state index contributed by atoms with van der Waals surface area (Å²) < 4.78 is 11.1. The lowest BCUT2D eigenvalue weighted by Gasteiger charge is -2.19. The van der Waals surface area contributed by atoms with Gasteiger partial charge in [0.15, 0.2) is 5.58 Å². The highest BCUT2D eigenvalue weighted by Crippen LogP contribution is 2.28. The molecule has 1 heterocycles. The van der Waals surface area contributed by atoms with Gasteiger partial charge in [0.25, 0.3) is 5.91 Å². The van der Waals surface area contributed by atoms with E-state index in [1.165, 1.54) is 5.56 Å². The summed E-state index contributed by atoms with van der Waals surface area (Å²) in [5.74, 6) is 1.08. The first kappa shape index (κ1) is 19.7. The molecule has 30 heavy (non-hydrogen) atoms. The molecule has 1 N–H and O–H groups in total. The standard InChI is InChI=1S/C25H24N2O3/c1-25(2,3)18-10-8-16(9-11-18)23(28)26-19-12-13-22-21(15-19)27-24(30-22)17-6-5-7-20(14-17)29-4/h5-15H,1-4H3,(H,26,28). The van der Waals surface area contributed by atoms with E-state index < -0.39 is 0 Å². The quantitative estimate of drug-likeness (QED) is 0.453. The Morgan fingerprint density at radius 3 is 2.47 bits per heavy atom. The fourth-order valence-corrected chi connectivity index (χ4v) is 3.21. The van der Waals surface area contributed by atoms with Crippen LogP contribution in [0.1, 0.15) is 36.7 Å². The molecule has 1 aromatic heterocycles. The Kier molecular flexibility index (Phi) is 5.04. The van der Waals surface area contributed by atoms with Crippen LogP contribution in [0.3, 0.4) is 0 Å². The number of carbonyl (C=O) groups is 1. The molecule has 0 atom stereocenters. The molecule has 4 rings (SSSR count). The minimum absolute atomic E-state index is 0.0491. The van der Waals surface area contributed by atoms with Crippen LogP contribution in [0.25, 0.3) is 22.6 Å². The van der Waals surface area contributed by atoms with Gasteiger partial charge >= 0.3 is 0 Å². The number of fused-ring (bicyclic) bond motifs is 1. The largest absolute Gasteiger partial charge is 0.497 e. The number of benzene rings is 3. The number of aromatic nitrogens is 1. The maximum absolute atomic E-state index is 12.6. The molecule has 0 aliphatic rings. The highest BCUT2D eigenvalue weighted by Gasteiger charge is 2.15. The van der Waals surface area contributed by atoms with Crippen molar-refractivity contribution >= 4 is 22.7 Å². The van der Waals surface area contributed by atoms with E-state index >= 15 is 0 Å². The van der Waals surface area contributed by atoms with Crippen molar-refractivity contribution in [3.63, 3.8) is 0 Å². The summed E-state index contributed by atoms with van der Waals surface area (Å²) in [4.78, 5) is 17.2. The van der Waals surface area contributed by atoms with Crippen LogP contribution in [0.2, 0.25) is 0 Å². The van der Waals surface area contributed by atoms with E-state index in [2.05, 4.69) is 31.1 Å². The lowest BCUT2D eigenvalue weighted by atomic mass is 9.87. The Hall–Kier alpha value is -3.60. The number of nitrogens with one attached hydrogen (secondary N) is 1. The molecule has 152 valence electrons. The highest BCUT2D eigenvalue weighted by atomic mass is 16.5. The van der Waals surface area contributed by atoms with Gasteiger partial charge < -0.3 is 14.5 Å². The van der Waals surface area contributed by atoms with E-state index in [1.807, 2.05) is 66.7 Å². The molecule has 0 aliphatic heterocycles. The average Bonchev–Trinajstić information content (AvgIpc) is 3.17. The number of hydrogen-bond acceptors (Lipinski definition) is 4.